The zero-order valence-corrected chi connectivity index (χ0v) is 13.8. The molecule has 0 fully saturated rings. The second-order valence-corrected chi connectivity index (χ2v) is 4.05. The summed E-state index contributed by atoms with van der Waals surface area (Å²) in [6.45, 7) is 0. The van der Waals surface area contributed by atoms with Gasteiger partial charge in [0, 0.05) is 25.8 Å². The van der Waals surface area contributed by atoms with Crippen molar-refractivity contribution in [3.05, 3.63) is 0 Å². The predicted octanol–water partition coefficient (Wildman–Crippen LogP) is -17.8. The van der Waals surface area contributed by atoms with Crippen LogP contribution in [0.3, 0.4) is 0 Å². The summed E-state index contributed by atoms with van der Waals surface area (Å²) in [5.41, 5.74) is 0. The predicted molar refractivity (Wildman–Crippen MR) is 6.66 cm³/mol. The molecule has 0 saturated heterocycles. The molecule has 0 heterocycles. The summed E-state index contributed by atoms with van der Waals surface area (Å²) < 4.78 is 73.4. The molecule has 0 unspecified atom stereocenters. The molecular weight excluding hydrogens is 570 g/mol. The Kier molecular flexibility index (Phi) is 38.4. The molecule has 13 heavy (non-hydrogen) atoms. The summed E-state index contributed by atoms with van der Waals surface area (Å²) in [5, 5.41) is 0. The van der Waals surface area contributed by atoms with E-state index in [1.165, 1.54) is 0 Å². The summed E-state index contributed by atoms with van der Waals surface area (Å²) in [5.74, 6) is 0. The number of halogens is 3. The Labute approximate surface area is 118 Å². The van der Waals surface area contributed by atoms with Gasteiger partial charge in [-0.05, 0) is 10.3 Å². The van der Waals surface area contributed by atoms with Crippen LogP contribution in [0.2, 0.25) is 0 Å². The molecular formula is H3I3O9Sc. The van der Waals surface area contributed by atoms with Crippen molar-refractivity contribution in [1.82, 2.24) is 0 Å². The monoisotopic (exact) mass is 573 g/mol. The van der Waals surface area contributed by atoms with Gasteiger partial charge < -0.3 is 20.6 Å². The van der Waals surface area contributed by atoms with Crippen LogP contribution >= 0.6 is 0 Å². The molecule has 0 atom stereocenters. The molecule has 0 aromatic carbocycles. The van der Waals surface area contributed by atoms with Crippen LogP contribution in [0, 0.1) is 0 Å². The number of rotatable bonds is 0. The van der Waals surface area contributed by atoms with Crippen molar-refractivity contribution in [2.45, 2.75) is 0 Å². The molecule has 13 heteroatoms. The van der Waals surface area contributed by atoms with Crippen molar-refractivity contribution in [2.24, 2.45) is 0 Å². The van der Waals surface area contributed by atoms with E-state index in [0.29, 0.717) is 0 Å². The van der Waals surface area contributed by atoms with E-state index in [0.717, 1.165) is 0 Å². The van der Waals surface area contributed by atoms with Crippen molar-refractivity contribution in [3.8, 4) is 0 Å². The van der Waals surface area contributed by atoms with E-state index in [4.69, 9.17) is 30.9 Å². The van der Waals surface area contributed by atoms with Crippen LogP contribution < -0.4 is 83.8 Å². The Morgan fingerprint density at radius 3 is 0.538 bits per heavy atom. The van der Waals surface area contributed by atoms with Crippen molar-refractivity contribution in [3.63, 3.8) is 0 Å². The molecule has 0 amide bonds. The summed E-state index contributed by atoms with van der Waals surface area (Å²) in [6, 6.07) is 0. The van der Waals surface area contributed by atoms with E-state index in [1.54, 1.807) is 0 Å². The van der Waals surface area contributed by atoms with Crippen LogP contribution in [-0.2, 0) is 25.8 Å². The molecule has 0 spiro atoms. The van der Waals surface area contributed by atoms with Crippen LogP contribution in [0.5, 0.6) is 0 Å². The minimum atomic E-state index is -3.76. The second-order valence-electron chi connectivity index (χ2n) is 0.603. The smallest absolute Gasteiger partial charge is 0.396 e. The number of hydrogen-bond donors (Lipinski definition) is 3. The Balaban J connectivity index is -0.0000000450. The zero-order valence-electron chi connectivity index (χ0n) is 5.50. The Morgan fingerprint density at radius 1 is 0.538 bits per heavy atom. The van der Waals surface area contributed by atoms with Crippen LogP contribution in [0.25, 0.3) is 0 Å². The van der Waals surface area contributed by atoms with E-state index < -0.39 is 63.2 Å². The van der Waals surface area contributed by atoms with Crippen LogP contribution in [0.1, 0.15) is 0 Å². The van der Waals surface area contributed by atoms with Gasteiger partial charge in [0.15, 0.2) is 0 Å². The first-order valence-corrected chi connectivity index (χ1v) is 9.61. The molecule has 0 aliphatic rings. The fourth-order valence-corrected chi connectivity index (χ4v) is 0. The van der Waals surface area contributed by atoms with Gasteiger partial charge >= 0.3 is 63.2 Å². The van der Waals surface area contributed by atoms with Gasteiger partial charge in [-0.15, -0.1) is 0 Å². The molecule has 81 valence electrons. The molecule has 9 nitrogen and oxygen atoms in total. The van der Waals surface area contributed by atoms with Gasteiger partial charge in [-0.1, -0.05) is 0 Å². The first kappa shape index (κ1) is 24.8. The first-order chi connectivity index (χ1) is 5.20. The normalized spacial score (nSPS) is 8.31. The molecule has 0 aromatic rings. The fraction of sp³-hybridized carbons (Fsp3) is 0. The molecule has 0 bridgehead atoms. The number of hydrogen-bond acceptors (Lipinski definition) is 9. The van der Waals surface area contributed by atoms with Crippen molar-refractivity contribution in [1.29, 1.82) is 0 Å². The average molecular weight is 573 g/mol. The van der Waals surface area contributed by atoms with Crippen molar-refractivity contribution < 1.29 is 120 Å². The maximum atomic E-state index is 8.68. The molecule has 0 aliphatic heterocycles. The third-order valence-electron chi connectivity index (χ3n) is 0. The van der Waals surface area contributed by atoms with E-state index >= 15 is 0 Å². The quantitative estimate of drug-likeness (QED) is 0.236. The van der Waals surface area contributed by atoms with Gasteiger partial charge in [0.2, 0.25) is 0 Å². The van der Waals surface area contributed by atoms with Gasteiger partial charge in [0.25, 0.3) is 0 Å². The minimum Gasteiger partial charge on any atom is -0.396 e. The maximum absolute atomic E-state index is 8.68. The minimum absolute atomic E-state index is 0. The molecule has 0 saturated carbocycles. The van der Waals surface area contributed by atoms with Crippen molar-refractivity contribution >= 4 is 0 Å². The third-order valence-corrected chi connectivity index (χ3v) is 0. The molecule has 3 N–H and O–H groups in total. The molecule has 0 rings (SSSR count). The second kappa shape index (κ2) is 20.2. The van der Waals surface area contributed by atoms with E-state index in [9.17, 15) is 0 Å². The third kappa shape index (κ3) is 325. The summed E-state index contributed by atoms with van der Waals surface area (Å²) in [4.78, 5) is 0. The van der Waals surface area contributed by atoms with E-state index in [1.807, 2.05) is 0 Å². The Hall–Kier alpha value is 2.70. The zero-order chi connectivity index (χ0) is 10.7. The first-order valence-electron chi connectivity index (χ1n) is 1.43. The van der Waals surface area contributed by atoms with Gasteiger partial charge in [-0.3, -0.25) is 0 Å². The largest absolute Gasteiger partial charge is 0.503 e. The Morgan fingerprint density at radius 2 is 0.538 bits per heavy atom. The molecule has 0 aromatic heterocycles. The topological polar surface area (TPSA) is 199 Å². The maximum Gasteiger partial charge on any atom is 0.503 e. The van der Waals surface area contributed by atoms with Crippen LogP contribution in [0.4, 0.5) is 0 Å². The fourth-order valence-electron chi connectivity index (χ4n) is 0. The van der Waals surface area contributed by atoms with Gasteiger partial charge in [-0.2, -0.15) is 0 Å². The van der Waals surface area contributed by atoms with Crippen LogP contribution in [-0.4, -0.2) is 10.3 Å². The summed E-state index contributed by atoms with van der Waals surface area (Å²) >= 11 is -11.3. The van der Waals surface area contributed by atoms with E-state index in [2.05, 4.69) is 0 Å². The van der Waals surface area contributed by atoms with Gasteiger partial charge in [0.1, 0.15) is 0 Å². The average Bonchev–Trinajstić information content (AvgIpc) is 1.54. The summed E-state index contributed by atoms with van der Waals surface area (Å²) in [7, 11) is 0. The van der Waals surface area contributed by atoms with Crippen molar-refractivity contribution in [2.75, 3.05) is 0 Å². The van der Waals surface area contributed by atoms with E-state index in [-0.39, 0.29) is 25.8 Å². The molecule has 1 radical (unpaired) electrons. The van der Waals surface area contributed by atoms with Gasteiger partial charge in [-0.25, -0.2) is 0 Å². The standard InChI is InChI=1S/3HIO3.Sc/c3*2-1(3)4;/h3*2H;. The summed E-state index contributed by atoms with van der Waals surface area (Å²) in [6.07, 6.45) is 0. The molecule has 0 aliphatic carbocycles. The van der Waals surface area contributed by atoms with Gasteiger partial charge in [0.05, 0.1) is 0 Å². The van der Waals surface area contributed by atoms with Crippen LogP contribution in [0.15, 0.2) is 0 Å². The SMILES string of the molecule is [O-][I+2]([O-])O.[O-][I+2]([O-])O.[O-][I+2]([O-])O.[Sc]. The Bertz CT molecular complexity index is 43.4.